The van der Waals surface area contributed by atoms with Crippen LogP contribution in [0.25, 0.3) is 0 Å². The summed E-state index contributed by atoms with van der Waals surface area (Å²) in [4.78, 5) is 0. The Kier molecular flexibility index (Phi) is 4.53. The van der Waals surface area contributed by atoms with E-state index in [0.29, 0.717) is 16.9 Å². The molecule has 5 aliphatic rings. The van der Waals surface area contributed by atoms with Crippen molar-refractivity contribution in [3.05, 3.63) is 11.6 Å². The molecule has 0 amide bonds. The van der Waals surface area contributed by atoms with Gasteiger partial charge >= 0.3 is 0 Å². The smallest absolute Gasteiger partial charge is 0.172 e. The van der Waals surface area contributed by atoms with Crippen LogP contribution in [-0.4, -0.2) is 31.7 Å². The maximum Gasteiger partial charge on any atom is 0.172 e. The zero-order chi connectivity index (χ0) is 18.7. The highest BCUT2D eigenvalue weighted by Crippen LogP contribution is 2.66. The SMILES string of the molecule is CCCO[C@H]1CC[C@@H]2[C@H]3CC=C4CC5(CC[C@]4(C)[C@@H]3CC[C@]12C)OCCO5. The van der Waals surface area contributed by atoms with E-state index in [1.807, 2.05) is 0 Å². The van der Waals surface area contributed by atoms with Gasteiger partial charge in [0.25, 0.3) is 0 Å². The van der Waals surface area contributed by atoms with Gasteiger partial charge in [0.15, 0.2) is 5.79 Å². The first-order chi connectivity index (χ1) is 13.0. The summed E-state index contributed by atoms with van der Waals surface area (Å²) in [7, 11) is 0. The Morgan fingerprint density at radius 3 is 2.63 bits per heavy atom. The lowest BCUT2D eigenvalue weighted by atomic mass is 9.47. The predicted molar refractivity (Wildman–Crippen MR) is 106 cm³/mol. The molecule has 1 heterocycles. The molecule has 0 aromatic carbocycles. The molecule has 0 aromatic rings. The Hall–Kier alpha value is -0.380. The fourth-order valence-electron chi connectivity index (χ4n) is 7.83. The molecule has 0 N–H and O–H groups in total. The van der Waals surface area contributed by atoms with Gasteiger partial charge in [0.05, 0.1) is 19.3 Å². The first-order valence-corrected chi connectivity index (χ1v) is 11.6. The second kappa shape index (κ2) is 6.57. The van der Waals surface area contributed by atoms with Gasteiger partial charge < -0.3 is 14.2 Å². The van der Waals surface area contributed by atoms with Gasteiger partial charge in [-0.25, -0.2) is 0 Å². The van der Waals surface area contributed by atoms with Crippen LogP contribution in [0.3, 0.4) is 0 Å². The Labute approximate surface area is 165 Å². The van der Waals surface area contributed by atoms with Gasteiger partial charge in [-0.15, -0.1) is 0 Å². The molecule has 3 nitrogen and oxygen atoms in total. The van der Waals surface area contributed by atoms with Crippen LogP contribution in [0.1, 0.15) is 78.6 Å². The molecule has 0 radical (unpaired) electrons. The summed E-state index contributed by atoms with van der Waals surface area (Å²) in [6.45, 7) is 9.84. The topological polar surface area (TPSA) is 27.7 Å². The highest BCUT2D eigenvalue weighted by atomic mass is 16.7. The molecule has 0 aromatic heterocycles. The van der Waals surface area contributed by atoms with Gasteiger partial charge in [-0.05, 0) is 73.5 Å². The van der Waals surface area contributed by atoms with Gasteiger partial charge in [0, 0.05) is 19.4 Å². The summed E-state index contributed by atoms with van der Waals surface area (Å²) in [6, 6.07) is 0. The molecule has 6 atom stereocenters. The van der Waals surface area contributed by atoms with Gasteiger partial charge in [-0.1, -0.05) is 32.4 Å². The van der Waals surface area contributed by atoms with Crippen LogP contribution in [-0.2, 0) is 14.2 Å². The highest BCUT2D eigenvalue weighted by molar-refractivity contribution is 5.26. The Morgan fingerprint density at radius 1 is 1.04 bits per heavy atom. The fraction of sp³-hybridized carbons (Fsp3) is 0.917. The molecule has 4 aliphatic carbocycles. The van der Waals surface area contributed by atoms with Crippen LogP contribution in [0.4, 0.5) is 0 Å². The van der Waals surface area contributed by atoms with E-state index in [4.69, 9.17) is 14.2 Å². The number of ether oxygens (including phenoxy) is 3. The van der Waals surface area contributed by atoms with E-state index in [9.17, 15) is 0 Å². The molecule has 3 heteroatoms. The summed E-state index contributed by atoms with van der Waals surface area (Å²) in [5.74, 6) is 2.27. The molecule has 0 unspecified atom stereocenters. The molecule has 4 fully saturated rings. The number of allylic oxidation sites excluding steroid dienone is 1. The zero-order valence-corrected chi connectivity index (χ0v) is 17.6. The van der Waals surface area contributed by atoms with Crippen molar-refractivity contribution in [1.29, 1.82) is 0 Å². The van der Waals surface area contributed by atoms with E-state index in [1.54, 1.807) is 5.57 Å². The van der Waals surface area contributed by atoms with Crippen molar-refractivity contribution in [3.8, 4) is 0 Å². The normalized spacial score (nSPS) is 48.0. The van der Waals surface area contributed by atoms with Gasteiger partial charge in [0.2, 0.25) is 0 Å². The summed E-state index contributed by atoms with van der Waals surface area (Å²) in [5, 5.41) is 0. The summed E-state index contributed by atoms with van der Waals surface area (Å²) in [5.41, 5.74) is 2.43. The van der Waals surface area contributed by atoms with Crippen LogP contribution in [0.2, 0.25) is 0 Å². The average Bonchev–Trinajstić information content (AvgIpc) is 3.25. The molecule has 27 heavy (non-hydrogen) atoms. The third kappa shape index (κ3) is 2.71. The van der Waals surface area contributed by atoms with E-state index >= 15 is 0 Å². The lowest BCUT2D eigenvalue weighted by molar-refractivity contribution is -0.186. The third-order valence-corrected chi connectivity index (χ3v) is 9.36. The van der Waals surface area contributed by atoms with Crippen molar-refractivity contribution < 1.29 is 14.2 Å². The van der Waals surface area contributed by atoms with Crippen LogP contribution < -0.4 is 0 Å². The average molecular weight is 375 g/mol. The number of hydrogen-bond donors (Lipinski definition) is 0. The van der Waals surface area contributed by atoms with Crippen LogP contribution >= 0.6 is 0 Å². The molecule has 3 saturated carbocycles. The maximum atomic E-state index is 6.35. The first kappa shape index (κ1) is 18.6. The van der Waals surface area contributed by atoms with Crippen molar-refractivity contribution in [1.82, 2.24) is 0 Å². The van der Waals surface area contributed by atoms with E-state index in [1.165, 1.54) is 38.5 Å². The van der Waals surface area contributed by atoms with Crippen LogP contribution in [0.5, 0.6) is 0 Å². The Bertz CT molecular complexity index is 607. The summed E-state index contributed by atoms with van der Waals surface area (Å²) < 4.78 is 18.5. The molecule has 1 saturated heterocycles. The summed E-state index contributed by atoms with van der Waals surface area (Å²) >= 11 is 0. The number of fused-ring (bicyclic) bond motifs is 5. The largest absolute Gasteiger partial charge is 0.378 e. The molecule has 1 aliphatic heterocycles. The van der Waals surface area contributed by atoms with E-state index in [0.717, 1.165) is 56.8 Å². The number of hydrogen-bond acceptors (Lipinski definition) is 3. The minimum absolute atomic E-state index is 0.284. The van der Waals surface area contributed by atoms with Gasteiger partial charge in [-0.2, -0.15) is 0 Å². The predicted octanol–water partition coefficient (Wildman–Crippen LogP) is 5.49. The van der Waals surface area contributed by atoms with Gasteiger partial charge in [-0.3, -0.25) is 0 Å². The maximum absolute atomic E-state index is 6.35. The first-order valence-electron chi connectivity index (χ1n) is 11.6. The lowest BCUT2D eigenvalue weighted by Gasteiger charge is -2.58. The zero-order valence-electron chi connectivity index (χ0n) is 17.6. The molecule has 5 rings (SSSR count). The van der Waals surface area contributed by atoms with Crippen molar-refractivity contribution in [3.63, 3.8) is 0 Å². The lowest BCUT2D eigenvalue weighted by Crippen LogP contribution is -2.53. The van der Waals surface area contributed by atoms with Crippen molar-refractivity contribution in [2.75, 3.05) is 19.8 Å². The van der Waals surface area contributed by atoms with Crippen LogP contribution in [0.15, 0.2) is 11.6 Å². The molecular formula is C24H38O3. The van der Waals surface area contributed by atoms with Crippen molar-refractivity contribution >= 4 is 0 Å². The second-order valence-corrected chi connectivity index (χ2v) is 10.5. The molecule has 152 valence electrons. The standard InChI is InChI=1S/C24H38O3/c1-4-13-25-21-8-7-19-18-6-5-17-16-24(26-14-15-27-24)12-11-22(17,2)20(18)9-10-23(19,21)3/h5,18-21H,4,6-16H2,1-3H3/t18-,19-,20-,21+,22+,23+/m1/s1. The van der Waals surface area contributed by atoms with Crippen LogP contribution in [0, 0.1) is 28.6 Å². The minimum atomic E-state index is -0.284. The van der Waals surface area contributed by atoms with Gasteiger partial charge in [0.1, 0.15) is 0 Å². The summed E-state index contributed by atoms with van der Waals surface area (Å²) in [6.07, 6.45) is 14.2. The molecular weight excluding hydrogens is 336 g/mol. The van der Waals surface area contributed by atoms with Crippen molar-refractivity contribution in [2.45, 2.75) is 90.4 Å². The van der Waals surface area contributed by atoms with E-state index in [2.05, 4.69) is 26.8 Å². The third-order valence-electron chi connectivity index (χ3n) is 9.36. The van der Waals surface area contributed by atoms with E-state index < -0.39 is 0 Å². The molecule has 1 spiro atoms. The minimum Gasteiger partial charge on any atom is -0.378 e. The van der Waals surface area contributed by atoms with E-state index in [-0.39, 0.29) is 5.79 Å². The second-order valence-electron chi connectivity index (χ2n) is 10.5. The van der Waals surface area contributed by atoms with Crippen molar-refractivity contribution in [2.24, 2.45) is 28.6 Å². The highest BCUT2D eigenvalue weighted by Gasteiger charge is 2.60. The quantitative estimate of drug-likeness (QED) is 0.612. The monoisotopic (exact) mass is 374 g/mol. The Morgan fingerprint density at radius 2 is 1.85 bits per heavy atom. The Balaban J connectivity index is 1.39. The molecule has 0 bridgehead atoms. The fourth-order valence-corrected chi connectivity index (χ4v) is 7.83. The number of rotatable bonds is 3.